The van der Waals surface area contributed by atoms with Crippen molar-refractivity contribution in [2.24, 2.45) is 0 Å². The third-order valence-electron chi connectivity index (χ3n) is 2.50. The van der Waals surface area contributed by atoms with Gasteiger partial charge in [0.15, 0.2) is 5.58 Å². The Kier molecular flexibility index (Phi) is 2.19. The second-order valence-electron chi connectivity index (χ2n) is 3.46. The topological polar surface area (TPSA) is 13.1 Å². The molecule has 0 radical (unpaired) electrons. The molecule has 0 bridgehead atoms. The number of halogens is 3. The first kappa shape index (κ1) is 10.1. The van der Waals surface area contributed by atoms with Crippen LogP contribution in [0, 0.1) is 5.82 Å². The van der Waals surface area contributed by atoms with Crippen molar-refractivity contribution in [3.63, 3.8) is 0 Å². The molecule has 0 fully saturated rings. The molecule has 16 heavy (non-hydrogen) atoms. The molecule has 2 aromatic carbocycles. The number of benzene rings is 2. The number of hydrogen-bond donors (Lipinski definition) is 0. The molecule has 0 N–H and O–H groups in total. The van der Waals surface area contributed by atoms with Crippen LogP contribution in [-0.2, 0) is 0 Å². The van der Waals surface area contributed by atoms with Crippen molar-refractivity contribution >= 4 is 49.5 Å². The highest BCUT2D eigenvalue weighted by Gasteiger charge is 2.16. The van der Waals surface area contributed by atoms with Crippen LogP contribution in [-0.4, -0.2) is 0 Å². The van der Waals surface area contributed by atoms with E-state index in [2.05, 4.69) is 15.9 Å². The Labute approximate surface area is 104 Å². The van der Waals surface area contributed by atoms with Crippen molar-refractivity contribution in [1.29, 1.82) is 0 Å². The van der Waals surface area contributed by atoms with Crippen LogP contribution in [0.2, 0.25) is 5.02 Å². The van der Waals surface area contributed by atoms with Gasteiger partial charge in [0.05, 0.1) is 9.50 Å². The highest BCUT2D eigenvalue weighted by Crippen LogP contribution is 2.39. The van der Waals surface area contributed by atoms with Crippen molar-refractivity contribution in [3.8, 4) is 0 Å². The van der Waals surface area contributed by atoms with Gasteiger partial charge in [-0.25, -0.2) is 4.39 Å². The van der Waals surface area contributed by atoms with E-state index in [1.807, 2.05) is 24.3 Å². The fraction of sp³-hybridized carbons (Fsp3) is 0. The zero-order valence-corrected chi connectivity index (χ0v) is 10.3. The van der Waals surface area contributed by atoms with Crippen LogP contribution < -0.4 is 0 Å². The summed E-state index contributed by atoms with van der Waals surface area (Å²) in [5, 5.41) is 1.99. The van der Waals surface area contributed by atoms with Crippen LogP contribution in [0.25, 0.3) is 21.9 Å². The first-order valence-corrected chi connectivity index (χ1v) is 5.80. The molecule has 1 nitrogen and oxygen atoms in total. The van der Waals surface area contributed by atoms with Gasteiger partial charge in [0.1, 0.15) is 11.4 Å². The standard InChI is InChI=1S/C12H5BrClFO/c13-11-8(15)5-7(14)10-6-3-1-2-4-9(6)16-12(10)11/h1-5H. The molecule has 3 aromatic rings. The molecule has 4 heteroatoms. The molecule has 0 saturated carbocycles. The van der Waals surface area contributed by atoms with Crippen LogP contribution in [0.5, 0.6) is 0 Å². The minimum atomic E-state index is -0.420. The monoisotopic (exact) mass is 298 g/mol. The minimum Gasteiger partial charge on any atom is -0.455 e. The average Bonchev–Trinajstić information content (AvgIpc) is 2.65. The van der Waals surface area contributed by atoms with Gasteiger partial charge in [0.25, 0.3) is 0 Å². The Morgan fingerprint density at radius 2 is 2.00 bits per heavy atom. The van der Waals surface area contributed by atoms with Crippen LogP contribution >= 0.6 is 27.5 Å². The number of furan rings is 1. The molecule has 0 unspecified atom stereocenters. The normalized spacial score (nSPS) is 11.4. The van der Waals surface area contributed by atoms with Gasteiger partial charge in [-0.15, -0.1) is 0 Å². The van der Waals surface area contributed by atoms with E-state index >= 15 is 0 Å². The lowest BCUT2D eigenvalue weighted by Gasteiger charge is -1.97. The SMILES string of the molecule is Fc1cc(Cl)c2c(oc3ccccc32)c1Br. The molecule has 1 heterocycles. The van der Waals surface area contributed by atoms with E-state index in [9.17, 15) is 4.39 Å². The predicted octanol–water partition coefficient (Wildman–Crippen LogP) is 5.14. The quantitative estimate of drug-likeness (QED) is 0.524. The molecule has 0 atom stereocenters. The molecule has 3 rings (SSSR count). The maximum Gasteiger partial charge on any atom is 0.154 e. The van der Waals surface area contributed by atoms with Crippen LogP contribution in [0.15, 0.2) is 39.2 Å². The Morgan fingerprint density at radius 3 is 2.81 bits per heavy atom. The lowest BCUT2D eigenvalue weighted by Crippen LogP contribution is -1.78. The summed E-state index contributed by atoms with van der Waals surface area (Å²) >= 11 is 9.20. The van der Waals surface area contributed by atoms with Gasteiger partial charge in [-0.1, -0.05) is 29.8 Å². The largest absolute Gasteiger partial charge is 0.455 e. The zero-order valence-electron chi connectivity index (χ0n) is 7.93. The summed E-state index contributed by atoms with van der Waals surface area (Å²) in [5.74, 6) is -0.420. The van der Waals surface area contributed by atoms with Gasteiger partial charge in [0, 0.05) is 10.8 Å². The van der Waals surface area contributed by atoms with E-state index in [-0.39, 0.29) is 0 Å². The first-order valence-electron chi connectivity index (χ1n) is 4.63. The molecule has 1 aromatic heterocycles. The predicted molar refractivity (Wildman–Crippen MR) is 66.4 cm³/mol. The molecule has 0 aliphatic rings. The highest BCUT2D eigenvalue weighted by atomic mass is 79.9. The van der Waals surface area contributed by atoms with E-state index in [1.165, 1.54) is 6.07 Å². The van der Waals surface area contributed by atoms with E-state index in [0.717, 1.165) is 10.8 Å². The summed E-state index contributed by atoms with van der Waals surface area (Å²) in [6.45, 7) is 0. The third-order valence-corrected chi connectivity index (χ3v) is 3.53. The Bertz CT molecular complexity index is 705. The molecule has 0 aliphatic carbocycles. The fourth-order valence-corrected chi connectivity index (χ4v) is 2.47. The summed E-state index contributed by atoms with van der Waals surface area (Å²) in [5.41, 5.74) is 1.15. The molecule has 0 saturated heterocycles. The molecule has 0 spiro atoms. The van der Waals surface area contributed by atoms with Gasteiger partial charge in [0.2, 0.25) is 0 Å². The van der Waals surface area contributed by atoms with Gasteiger partial charge in [-0.3, -0.25) is 0 Å². The Morgan fingerprint density at radius 1 is 1.25 bits per heavy atom. The summed E-state index contributed by atoms with van der Waals surface area (Å²) < 4.78 is 19.3. The highest BCUT2D eigenvalue weighted by molar-refractivity contribution is 9.10. The summed E-state index contributed by atoms with van der Waals surface area (Å²) in [6.07, 6.45) is 0. The second-order valence-corrected chi connectivity index (χ2v) is 4.66. The van der Waals surface area contributed by atoms with Gasteiger partial charge in [-0.2, -0.15) is 0 Å². The molecule has 80 valence electrons. The van der Waals surface area contributed by atoms with E-state index < -0.39 is 5.82 Å². The minimum absolute atomic E-state index is 0.308. The number of hydrogen-bond acceptors (Lipinski definition) is 1. The van der Waals surface area contributed by atoms with Crippen LogP contribution in [0.4, 0.5) is 4.39 Å². The number of para-hydroxylation sites is 1. The smallest absolute Gasteiger partial charge is 0.154 e. The van der Waals surface area contributed by atoms with Gasteiger partial charge >= 0.3 is 0 Å². The van der Waals surface area contributed by atoms with Crippen molar-refractivity contribution in [3.05, 3.63) is 45.6 Å². The summed E-state index contributed by atoms with van der Waals surface area (Å²) in [4.78, 5) is 0. The summed E-state index contributed by atoms with van der Waals surface area (Å²) in [6, 6.07) is 8.77. The van der Waals surface area contributed by atoms with Crippen LogP contribution in [0.3, 0.4) is 0 Å². The van der Waals surface area contributed by atoms with E-state index in [4.69, 9.17) is 16.0 Å². The lowest BCUT2D eigenvalue weighted by atomic mass is 10.1. The average molecular weight is 300 g/mol. The van der Waals surface area contributed by atoms with E-state index in [0.29, 0.717) is 20.7 Å². The molecule has 0 aliphatic heterocycles. The Balaban J connectivity index is 2.64. The molecule has 0 amide bonds. The van der Waals surface area contributed by atoms with Crippen molar-refractivity contribution in [1.82, 2.24) is 0 Å². The van der Waals surface area contributed by atoms with Crippen LogP contribution in [0.1, 0.15) is 0 Å². The molecular weight excluding hydrogens is 294 g/mol. The number of rotatable bonds is 0. The Hall–Kier alpha value is -1.06. The lowest BCUT2D eigenvalue weighted by molar-refractivity contribution is 0.610. The second kappa shape index (κ2) is 3.47. The van der Waals surface area contributed by atoms with Gasteiger partial charge in [-0.05, 0) is 28.1 Å². The maximum atomic E-state index is 13.4. The third kappa shape index (κ3) is 1.28. The fourth-order valence-electron chi connectivity index (χ4n) is 1.79. The maximum absolute atomic E-state index is 13.4. The zero-order chi connectivity index (χ0) is 11.3. The first-order chi connectivity index (χ1) is 7.68. The van der Waals surface area contributed by atoms with Crippen molar-refractivity contribution in [2.45, 2.75) is 0 Å². The van der Waals surface area contributed by atoms with Gasteiger partial charge < -0.3 is 4.42 Å². The molecular formula is C12H5BrClFO. The van der Waals surface area contributed by atoms with Crippen molar-refractivity contribution in [2.75, 3.05) is 0 Å². The van der Waals surface area contributed by atoms with Crippen molar-refractivity contribution < 1.29 is 8.81 Å². The van der Waals surface area contributed by atoms with E-state index in [1.54, 1.807) is 0 Å². The number of fused-ring (bicyclic) bond motifs is 3. The summed E-state index contributed by atoms with van der Waals surface area (Å²) in [7, 11) is 0.